The van der Waals surface area contributed by atoms with E-state index >= 15 is 0 Å². The van der Waals surface area contributed by atoms with Crippen LogP contribution in [0.5, 0.6) is 5.75 Å². The van der Waals surface area contributed by atoms with Crippen molar-refractivity contribution in [2.24, 2.45) is 5.73 Å². The van der Waals surface area contributed by atoms with Crippen molar-refractivity contribution in [3.8, 4) is 5.75 Å². The maximum absolute atomic E-state index is 14.2. The number of rotatable bonds is 5. The van der Waals surface area contributed by atoms with Gasteiger partial charge < -0.3 is 15.4 Å². The molecule has 2 aromatic rings. The van der Waals surface area contributed by atoms with E-state index in [2.05, 4.69) is 0 Å². The molecule has 0 aromatic heterocycles. The monoisotopic (exact) mass is 288 g/mol. The van der Waals surface area contributed by atoms with Crippen LogP contribution in [0.4, 0.5) is 10.1 Å². The van der Waals surface area contributed by atoms with Crippen LogP contribution in [0.25, 0.3) is 0 Å². The summed E-state index contributed by atoms with van der Waals surface area (Å²) in [5, 5.41) is 0. The second-order valence-electron chi connectivity index (χ2n) is 5.20. The van der Waals surface area contributed by atoms with Crippen LogP contribution in [0.15, 0.2) is 42.5 Å². The highest BCUT2D eigenvalue weighted by molar-refractivity contribution is 5.49. The lowest BCUT2D eigenvalue weighted by Gasteiger charge is -2.21. The van der Waals surface area contributed by atoms with Gasteiger partial charge in [-0.25, -0.2) is 4.39 Å². The number of ether oxygens (including phenoxy) is 1. The molecule has 21 heavy (non-hydrogen) atoms. The molecule has 0 fully saturated rings. The van der Waals surface area contributed by atoms with Gasteiger partial charge in [0, 0.05) is 19.6 Å². The lowest BCUT2D eigenvalue weighted by Crippen LogP contribution is -2.18. The second kappa shape index (κ2) is 6.59. The highest BCUT2D eigenvalue weighted by Gasteiger charge is 2.10. The van der Waals surface area contributed by atoms with Crippen LogP contribution in [0.2, 0.25) is 0 Å². The molecule has 4 heteroatoms. The van der Waals surface area contributed by atoms with Gasteiger partial charge in [-0.2, -0.15) is 0 Å². The van der Waals surface area contributed by atoms with Gasteiger partial charge in [-0.15, -0.1) is 0 Å². The van der Waals surface area contributed by atoms with Crippen molar-refractivity contribution in [2.45, 2.75) is 19.5 Å². The Labute approximate surface area is 125 Å². The fourth-order valence-corrected chi connectivity index (χ4v) is 2.21. The third-order valence-electron chi connectivity index (χ3n) is 3.49. The van der Waals surface area contributed by atoms with Gasteiger partial charge in [0.1, 0.15) is 11.6 Å². The minimum Gasteiger partial charge on any atom is -0.497 e. The number of anilines is 1. The number of nitrogens with zero attached hydrogens (tertiary/aromatic N) is 1. The predicted molar refractivity (Wildman–Crippen MR) is 84.1 cm³/mol. The summed E-state index contributed by atoms with van der Waals surface area (Å²) in [7, 11) is 3.50. The van der Waals surface area contributed by atoms with Gasteiger partial charge in [0.05, 0.1) is 12.8 Å². The first-order valence-corrected chi connectivity index (χ1v) is 6.90. The molecule has 3 nitrogen and oxygen atoms in total. The fraction of sp³-hybridized carbons (Fsp3) is 0.294. The summed E-state index contributed by atoms with van der Waals surface area (Å²) >= 11 is 0. The van der Waals surface area contributed by atoms with Crippen LogP contribution >= 0.6 is 0 Å². The molecule has 2 rings (SSSR count). The van der Waals surface area contributed by atoms with E-state index in [0.717, 1.165) is 16.9 Å². The Morgan fingerprint density at radius 2 is 1.86 bits per heavy atom. The summed E-state index contributed by atoms with van der Waals surface area (Å²) in [6, 6.07) is 12.7. The molecular formula is C17H21FN2O. The van der Waals surface area contributed by atoms with Crippen LogP contribution < -0.4 is 15.4 Å². The SMILES string of the molecule is COc1ccc(CN(C)c2ccc([C@@H](C)N)cc2F)cc1. The van der Waals surface area contributed by atoms with Crippen molar-refractivity contribution in [3.05, 3.63) is 59.4 Å². The average molecular weight is 288 g/mol. The molecule has 0 bridgehead atoms. The molecule has 0 aliphatic rings. The summed E-state index contributed by atoms with van der Waals surface area (Å²) < 4.78 is 19.3. The number of hydrogen-bond donors (Lipinski definition) is 1. The van der Waals surface area contributed by atoms with Crippen molar-refractivity contribution in [3.63, 3.8) is 0 Å². The van der Waals surface area contributed by atoms with Gasteiger partial charge in [-0.1, -0.05) is 18.2 Å². The first-order valence-electron chi connectivity index (χ1n) is 6.90. The zero-order chi connectivity index (χ0) is 15.4. The minimum absolute atomic E-state index is 0.166. The van der Waals surface area contributed by atoms with Crippen molar-refractivity contribution < 1.29 is 9.13 Å². The Bertz CT molecular complexity index is 596. The van der Waals surface area contributed by atoms with Crippen molar-refractivity contribution in [1.82, 2.24) is 0 Å². The van der Waals surface area contributed by atoms with Gasteiger partial charge >= 0.3 is 0 Å². The third-order valence-corrected chi connectivity index (χ3v) is 3.49. The average Bonchev–Trinajstić information content (AvgIpc) is 2.47. The molecule has 0 saturated carbocycles. The Morgan fingerprint density at radius 1 is 1.19 bits per heavy atom. The summed E-state index contributed by atoms with van der Waals surface area (Å²) in [6.07, 6.45) is 0. The summed E-state index contributed by atoms with van der Waals surface area (Å²) in [6.45, 7) is 2.47. The number of methoxy groups -OCH3 is 1. The van der Waals surface area contributed by atoms with E-state index in [1.54, 1.807) is 13.2 Å². The Kier molecular flexibility index (Phi) is 4.81. The zero-order valence-electron chi connectivity index (χ0n) is 12.6. The summed E-state index contributed by atoms with van der Waals surface area (Å²) in [4.78, 5) is 1.88. The standard InChI is InChI=1S/C17H21FN2O/c1-12(19)14-6-9-17(16(18)10-14)20(2)11-13-4-7-15(21-3)8-5-13/h4-10,12H,11,19H2,1-3H3/t12-/m1/s1. The number of halogens is 1. The van der Waals surface area contributed by atoms with Crippen LogP contribution in [-0.4, -0.2) is 14.2 Å². The van der Waals surface area contributed by atoms with E-state index in [-0.39, 0.29) is 11.9 Å². The van der Waals surface area contributed by atoms with Crippen LogP contribution in [0.1, 0.15) is 24.1 Å². The molecule has 2 N–H and O–H groups in total. The number of nitrogens with two attached hydrogens (primary N) is 1. The van der Waals surface area contributed by atoms with E-state index in [1.165, 1.54) is 6.07 Å². The van der Waals surface area contributed by atoms with Crippen molar-refractivity contribution in [2.75, 3.05) is 19.1 Å². The van der Waals surface area contributed by atoms with Gasteiger partial charge in [-0.3, -0.25) is 0 Å². The van der Waals surface area contributed by atoms with Crippen LogP contribution in [0, 0.1) is 5.82 Å². The molecule has 0 amide bonds. The van der Waals surface area contributed by atoms with Crippen LogP contribution in [0.3, 0.4) is 0 Å². The fourth-order valence-electron chi connectivity index (χ4n) is 2.21. The zero-order valence-corrected chi connectivity index (χ0v) is 12.6. The van der Waals surface area contributed by atoms with Gasteiger partial charge in [0.2, 0.25) is 0 Å². The van der Waals surface area contributed by atoms with Gasteiger partial charge in [-0.05, 0) is 42.3 Å². The van der Waals surface area contributed by atoms with E-state index in [1.807, 2.05) is 49.2 Å². The molecule has 0 radical (unpaired) electrons. The van der Waals surface area contributed by atoms with E-state index in [9.17, 15) is 4.39 Å². The first-order chi connectivity index (χ1) is 10.0. The minimum atomic E-state index is -0.249. The maximum atomic E-state index is 14.2. The van der Waals surface area contributed by atoms with E-state index in [4.69, 9.17) is 10.5 Å². The molecule has 112 valence electrons. The number of hydrogen-bond acceptors (Lipinski definition) is 3. The molecule has 0 heterocycles. The Balaban J connectivity index is 2.13. The quantitative estimate of drug-likeness (QED) is 0.915. The van der Waals surface area contributed by atoms with Crippen LogP contribution in [-0.2, 0) is 6.54 Å². The molecule has 0 saturated heterocycles. The van der Waals surface area contributed by atoms with Gasteiger partial charge in [0.15, 0.2) is 0 Å². The smallest absolute Gasteiger partial charge is 0.146 e. The number of benzene rings is 2. The third kappa shape index (κ3) is 3.73. The Hall–Kier alpha value is -2.07. The highest BCUT2D eigenvalue weighted by atomic mass is 19.1. The molecule has 0 spiro atoms. The molecule has 2 aromatic carbocycles. The Morgan fingerprint density at radius 3 is 2.38 bits per heavy atom. The first kappa shape index (κ1) is 15.3. The van der Waals surface area contributed by atoms with Gasteiger partial charge in [0.25, 0.3) is 0 Å². The van der Waals surface area contributed by atoms with E-state index < -0.39 is 0 Å². The highest BCUT2D eigenvalue weighted by Crippen LogP contribution is 2.23. The maximum Gasteiger partial charge on any atom is 0.146 e. The summed E-state index contributed by atoms with van der Waals surface area (Å²) in [5.74, 6) is 0.565. The van der Waals surface area contributed by atoms with E-state index in [0.29, 0.717) is 12.2 Å². The topological polar surface area (TPSA) is 38.5 Å². The lowest BCUT2D eigenvalue weighted by molar-refractivity contribution is 0.414. The van der Waals surface area contributed by atoms with Crippen molar-refractivity contribution >= 4 is 5.69 Å². The molecule has 0 aliphatic heterocycles. The lowest BCUT2D eigenvalue weighted by atomic mass is 10.1. The summed E-state index contributed by atoms with van der Waals surface area (Å²) in [5.41, 5.74) is 8.22. The normalized spacial score (nSPS) is 12.0. The largest absolute Gasteiger partial charge is 0.497 e. The molecule has 0 unspecified atom stereocenters. The van der Waals surface area contributed by atoms with Crippen molar-refractivity contribution in [1.29, 1.82) is 0 Å². The molecule has 1 atom stereocenters. The second-order valence-corrected chi connectivity index (χ2v) is 5.20. The molecule has 0 aliphatic carbocycles. The molecular weight excluding hydrogens is 267 g/mol. The predicted octanol–water partition coefficient (Wildman–Crippen LogP) is 3.49.